The van der Waals surface area contributed by atoms with Gasteiger partial charge in [-0.25, -0.2) is 4.98 Å². The van der Waals surface area contributed by atoms with E-state index in [0.29, 0.717) is 23.8 Å². The molecule has 6 nitrogen and oxygen atoms in total. The Morgan fingerprint density at radius 1 is 1.33 bits per heavy atom. The molecule has 6 heteroatoms. The van der Waals surface area contributed by atoms with Crippen LogP contribution in [0.25, 0.3) is 11.3 Å². The van der Waals surface area contributed by atoms with Gasteiger partial charge in [0.15, 0.2) is 12.2 Å². The summed E-state index contributed by atoms with van der Waals surface area (Å²) < 4.78 is 5.23. The predicted molar refractivity (Wildman–Crippen MR) is 89.5 cm³/mol. The Hall–Kier alpha value is -2.63. The zero-order chi connectivity index (χ0) is 17.5. The van der Waals surface area contributed by atoms with Crippen LogP contribution in [0.3, 0.4) is 0 Å². The van der Waals surface area contributed by atoms with E-state index in [1.54, 1.807) is 24.4 Å². The minimum Gasteiger partial charge on any atom is -0.481 e. The van der Waals surface area contributed by atoms with Gasteiger partial charge < -0.3 is 14.8 Å². The van der Waals surface area contributed by atoms with E-state index in [-0.39, 0.29) is 18.2 Å². The molecule has 0 unspecified atom stereocenters. The highest BCUT2D eigenvalue weighted by molar-refractivity contribution is 5.95. The van der Waals surface area contributed by atoms with E-state index >= 15 is 0 Å². The van der Waals surface area contributed by atoms with Gasteiger partial charge in [-0.05, 0) is 30.4 Å². The van der Waals surface area contributed by atoms with Crippen LogP contribution in [0.15, 0.2) is 41.3 Å². The maximum Gasteiger partial charge on any atom is 0.303 e. The fourth-order valence-electron chi connectivity index (χ4n) is 2.66. The summed E-state index contributed by atoms with van der Waals surface area (Å²) in [5.74, 6) is -0.184. The van der Waals surface area contributed by atoms with Gasteiger partial charge >= 0.3 is 5.97 Å². The van der Waals surface area contributed by atoms with Gasteiger partial charge in [0.05, 0.1) is 6.20 Å². The van der Waals surface area contributed by atoms with Crippen LogP contribution in [0.1, 0.15) is 37.0 Å². The number of aromatic nitrogens is 1. The minimum absolute atomic E-state index is 0.0521. The van der Waals surface area contributed by atoms with Gasteiger partial charge in [0, 0.05) is 24.1 Å². The van der Waals surface area contributed by atoms with Crippen molar-refractivity contribution in [3.8, 4) is 11.3 Å². The van der Waals surface area contributed by atoms with Gasteiger partial charge in [0.25, 0.3) is 5.91 Å². The van der Waals surface area contributed by atoms with E-state index in [1.807, 2.05) is 19.9 Å². The first-order valence-electron chi connectivity index (χ1n) is 7.94. The van der Waals surface area contributed by atoms with Crippen molar-refractivity contribution in [2.45, 2.75) is 26.7 Å². The third-order valence-electron chi connectivity index (χ3n) is 3.66. The molecule has 0 spiro atoms. The molecule has 1 heterocycles. The number of benzene rings is 1. The first kappa shape index (κ1) is 17.7. The molecule has 0 saturated carbocycles. The van der Waals surface area contributed by atoms with Crippen LogP contribution in [0.2, 0.25) is 0 Å². The molecule has 2 N–H and O–H groups in total. The minimum atomic E-state index is -0.845. The zero-order valence-electron chi connectivity index (χ0n) is 13.9. The molecule has 2 aromatic rings. The molecule has 0 bridgehead atoms. The highest BCUT2D eigenvalue weighted by Gasteiger charge is 2.17. The molecule has 1 aromatic heterocycles. The van der Waals surface area contributed by atoms with Crippen LogP contribution < -0.4 is 5.32 Å². The molecule has 1 atom stereocenters. The molecule has 0 aliphatic rings. The lowest BCUT2D eigenvalue weighted by molar-refractivity contribution is -0.138. The van der Waals surface area contributed by atoms with Crippen LogP contribution in [0.5, 0.6) is 0 Å². The lowest BCUT2D eigenvalue weighted by Crippen LogP contribution is -2.31. The normalized spacial score (nSPS) is 12.1. The lowest BCUT2D eigenvalue weighted by Gasteiger charge is -2.17. The number of nitrogens with one attached hydrogen (secondary N) is 1. The second kappa shape index (κ2) is 8.29. The van der Waals surface area contributed by atoms with Crippen molar-refractivity contribution < 1.29 is 19.1 Å². The van der Waals surface area contributed by atoms with Gasteiger partial charge in [-0.1, -0.05) is 26.0 Å². The van der Waals surface area contributed by atoms with Crippen molar-refractivity contribution in [2.24, 2.45) is 11.8 Å². The van der Waals surface area contributed by atoms with E-state index < -0.39 is 5.97 Å². The highest BCUT2D eigenvalue weighted by atomic mass is 16.4. The predicted octanol–water partition coefficient (Wildman–Crippen LogP) is 3.21. The van der Waals surface area contributed by atoms with Crippen LogP contribution in [0.4, 0.5) is 0 Å². The van der Waals surface area contributed by atoms with E-state index in [9.17, 15) is 9.59 Å². The quantitative estimate of drug-likeness (QED) is 0.775. The summed E-state index contributed by atoms with van der Waals surface area (Å²) in [5.41, 5.74) is 1.27. The van der Waals surface area contributed by atoms with E-state index in [1.165, 1.54) is 6.39 Å². The molecular formula is C18H22N2O4. The molecule has 0 aliphatic carbocycles. The first-order chi connectivity index (χ1) is 11.5. The number of carbonyl (C=O) groups excluding carboxylic acids is 1. The topological polar surface area (TPSA) is 92.4 Å². The molecule has 0 fully saturated rings. The van der Waals surface area contributed by atoms with Crippen molar-refractivity contribution in [3.05, 3.63) is 42.4 Å². The Bertz CT molecular complexity index is 680. The first-order valence-corrected chi connectivity index (χ1v) is 7.94. The average Bonchev–Trinajstić information content (AvgIpc) is 3.06. The molecule has 1 aromatic carbocycles. The number of carboxylic acids is 1. The number of rotatable bonds is 8. The molecule has 0 radical (unpaired) electrons. The summed E-state index contributed by atoms with van der Waals surface area (Å²) in [5, 5.41) is 11.8. The summed E-state index contributed by atoms with van der Waals surface area (Å²) in [6.45, 7) is 4.42. The van der Waals surface area contributed by atoms with E-state index in [4.69, 9.17) is 9.52 Å². The second-order valence-corrected chi connectivity index (χ2v) is 6.25. The van der Waals surface area contributed by atoms with Gasteiger partial charge in [0.1, 0.15) is 0 Å². The summed E-state index contributed by atoms with van der Waals surface area (Å²) in [7, 11) is 0. The molecule has 1 amide bonds. The Kier molecular flexibility index (Phi) is 6.12. The van der Waals surface area contributed by atoms with E-state index in [2.05, 4.69) is 10.3 Å². The summed E-state index contributed by atoms with van der Waals surface area (Å²) in [6.07, 6.45) is 3.73. The van der Waals surface area contributed by atoms with Crippen LogP contribution >= 0.6 is 0 Å². The number of nitrogens with zero attached hydrogens (tertiary/aromatic N) is 1. The van der Waals surface area contributed by atoms with Gasteiger partial charge in [-0.3, -0.25) is 9.59 Å². The van der Waals surface area contributed by atoms with Gasteiger partial charge in [-0.2, -0.15) is 0 Å². The highest BCUT2D eigenvalue weighted by Crippen LogP contribution is 2.20. The smallest absolute Gasteiger partial charge is 0.303 e. The Labute approximate surface area is 140 Å². The van der Waals surface area contributed by atoms with E-state index in [0.717, 1.165) is 12.0 Å². The fraction of sp³-hybridized carbons (Fsp3) is 0.389. The van der Waals surface area contributed by atoms with Gasteiger partial charge in [-0.15, -0.1) is 0 Å². The van der Waals surface area contributed by atoms with Crippen molar-refractivity contribution in [3.63, 3.8) is 0 Å². The third-order valence-corrected chi connectivity index (χ3v) is 3.66. The van der Waals surface area contributed by atoms with Crippen LogP contribution in [-0.2, 0) is 4.79 Å². The number of oxazole rings is 1. The Morgan fingerprint density at radius 2 is 2.12 bits per heavy atom. The van der Waals surface area contributed by atoms with Crippen LogP contribution in [-0.4, -0.2) is 28.5 Å². The summed E-state index contributed by atoms with van der Waals surface area (Å²) in [4.78, 5) is 27.2. The number of carbonyl (C=O) groups is 2. The summed E-state index contributed by atoms with van der Waals surface area (Å²) in [6, 6.07) is 7.05. The van der Waals surface area contributed by atoms with Crippen molar-refractivity contribution in [1.82, 2.24) is 10.3 Å². The molecule has 128 valence electrons. The maximum atomic E-state index is 12.3. The molecule has 0 saturated heterocycles. The zero-order valence-corrected chi connectivity index (χ0v) is 13.9. The lowest BCUT2D eigenvalue weighted by atomic mass is 9.94. The standard InChI is InChI=1S/C18H22N2O4/c1-12(2)6-13(7-17(21)22)9-20-18(23)15-5-3-4-14(8-15)16-10-19-11-24-16/h3-5,8,10-13H,6-7,9H2,1-2H3,(H,20,23)(H,21,22)/t13-/m0/s1. The van der Waals surface area contributed by atoms with Crippen molar-refractivity contribution in [2.75, 3.05) is 6.54 Å². The van der Waals surface area contributed by atoms with Gasteiger partial charge in [0.2, 0.25) is 0 Å². The monoisotopic (exact) mass is 330 g/mol. The number of aliphatic carboxylic acids is 1. The molecular weight excluding hydrogens is 308 g/mol. The number of hydrogen-bond acceptors (Lipinski definition) is 4. The summed E-state index contributed by atoms with van der Waals surface area (Å²) >= 11 is 0. The fourth-order valence-corrected chi connectivity index (χ4v) is 2.66. The van der Waals surface area contributed by atoms with Crippen molar-refractivity contribution in [1.29, 1.82) is 0 Å². The number of hydrogen-bond donors (Lipinski definition) is 2. The maximum absolute atomic E-state index is 12.3. The SMILES string of the molecule is CC(C)C[C@H](CNC(=O)c1cccc(-c2cnco2)c1)CC(=O)O. The molecule has 24 heavy (non-hydrogen) atoms. The largest absolute Gasteiger partial charge is 0.481 e. The number of carboxylic acid groups (broad SMARTS) is 1. The molecule has 0 aliphatic heterocycles. The Balaban J connectivity index is 2.01. The second-order valence-electron chi connectivity index (χ2n) is 6.25. The molecule has 2 rings (SSSR count). The third kappa shape index (κ3) is 5.22. The average molecular weight is 330 g/mol. The van der Waals surface area contributed by atoms with Crippen molar-refractivity contribution >= 4 is 11.9 Å². The van der Waals surface area contributed by atoms with Crippen LogP contribution in [0, 0.1) is 11.8 Å². The Morgan fingerprint density at radius 3 is 2.75 bits per heavy atom. The number of amides is 1.